The van der Waals surface area contributed by atoms with Gasteiger partial charge in [-0.25, -0.2) is 9.59 Å². The number of carbonyl (C=O) groups excluding carboxylic acids is 1. The number of aliphatic carboxylic acids is 1. The molecule has 1 aliphatic carbocycles. The maximum absolute atomic E-state index is 12.4. The Kier molecular flexibility index (Phi) is 4.65. The second kappa shape index (κ2) is 6.86. The number of amides is 2. The topological polar surface area (TPSA) is 69.6 Å². The van der Waals surface area contributed by atoms with Crippen LogP contribution < -0.4 is 5.32 Å². The molecule has 0 radical (unpaired) electrons. The van der Waals surface area contributed by atoms with E-state index in [-0.39, 0.29) is 6.03 Å². The molecular weight excluding hydrogens is 292 g/mol. The zero-order valence-electron chi connectivity index (χ0n) is 13.0. The largest absolute Gasteiger partial charge is 0.480 e. The molecule has 0 spiro atoms. The first kappa shape index (κ1) is 15.6. The van der Waals surface area contributed by atoms with Gasteiger partial charge in [-0.1, -0.05) is 42.5 Å². The van der Waals surface area contributed by atoms with Crippen LogP contribution >= 0.6 is 0 Å². The van der Waals surface area contributed by atoms with Crippen molar-refractivity contribution in [1.29, 1.82) is 0 Å². The van der Waals surface area contributed by atoms with Gasteiger partial charge in [-0.3, -0.25) is 0 Å². The smallest absolute Gasteiger partial charge is 0.326 e. The maximum Gasteiger partial charge on any atom is 0.326 e. The van der Waals surface area contributed by atoms with Gasteiger partial charge >= 0.3 is 12.0 Å². The van der Waals surface area contributed by atoms with E-state index in [0.717, 1.165) is 31.5 Å². The van der Waals surface area contributed by atoms with E-state index in [2.05, 4.69) is 17.5 Å². The van der Waals surface area contributed by atoms with E-state index in [0.29, 0.717) is 18.3 Å². The molecule has 1 aliphatic heterocycles. The van der Waals surface area contributed by atoms with Crippen LogP contribution in [0.25, 0.3) is 0 Å². The molecule has 5 heteroatoms. The van der Waals surface area contributed by atoms with E-state index >= 15 is 0 Å². The van der Waals surface area contributed by atoms with Crippen LogP contribution in [-0.4, -0.2) is 41.1 Å². The molecule has 0 aromatic heterocycles. The van der Waals surface area contributed by atoms with Gasteiger partial charge in [-0.2, -0.15) is 0 Å². The summed E-state index contributed by atoms with van der Waals surface area (Å²) < 4.78 is 0. The van der Waals surface area contributed by atoms with Gasteiger partial charge in [-0.05, 0) is 30.2 Å². The van der Waals surface area contributed by atoms with Crippen molar-refractivity contribution in [3.8, 4) is 0 Å². The highest BCUT2D eigenvalue weighted by atomic mass is 16.4. The SMILES string of the molecule is O=C(O)C(Cc1ccccc1)NC(=O)N1CC2CC=CCC2C1. The predicted molar refractivity (Wildman–Crippen MR) is 87.0 cm³/mol. The monoisotopic (exact) mass is 314 g/mol. The summed E-state index contributed by atoms with van der Waals surface area (Å²) in [6, 6.07) is 8.21. The highest BCUT2D eigenvalue weighted by Crippen LogP contribution is 2.32. The third-order valence-corrected chi connectivity index (χ3v) is 4.79. The normalized spacial score (nSPS) is 24.1. The van der Waals surface area contributed by atoms with Crippen molar-refractivity contribution in [1.82, 2.24) is 10.2 Å². The molecule has 0 saturated carbocycles. The molecule has 1 heterocycles. The number of carboxylic acids is 1. The van der Waals surface area contributed by atoms with Crippen molar-refractivity contribution in [2.24, 2.45) is 11.8 Å². The Morgan fingerprint density at radius 2 is 1.74 bits per heavy atom. The van der Waals surface area contributed by atoms with Gasteiger partial charge in [0.25, 0.3) is 0 Å². The number of likely N-dealkylation sites (tertiary alicyclic amines) is 1. The minimum absolute atomic E-state index is 0.261. The zero-order valence-corrected chi connectivity index (χ0v) is 13.0. The van der Waals surface area contributed by atoms with Crippen LogP contribution in [0.5, 0.6) is 0 Å². The third-order valence-electron chi connectivity index (χ3n) is 4.79. The Bertz CT molecular complexity index is 584. The number of benzene rings is 1. The fraction of sp³-hybridized carbons (Fsp3) is 0.444. The molecule has 1 fully saturated rings. The summed E-state index contributed by atoms with van der Waals surface area (Å²) in [4.78, 5) is 25.7. The Labute approximate surface area is 136 Å². The van der Waals surface area contributed by atoms with Crippen LogP contribution in [0.4, 0.5) is 4.79 Å². The van der Waals surface area contributed by atoms with Crippen LogP contribution in [0, 0.1) is 11.8 Å². The van der Waals surface area contributed by atoms with Crippen molar-refractivity contribution in [2.45, 2.75) is 25.3 Å². The number of carbonyl (C=O) groups is 2. The summed E-state index contributed by atoms with van der Waals surface area (Å²) in [5, 5.41) is 12.1. The van der Waals surface area contributed by atoms with Crippen molar-refractivity contribution < 1.29 is 14.7 Å². The minimum Gasteiger partial charge on any atom is -0.480 e. The molecule has 5 nitrogen and oxygen atoms in total. The molecule has 23 heavy (non-hydrogen) atoms. The molecule has 2 amide bonds. The number of urea groups is 1. The zero-order chi connectivity index (χ0) is 16.2. The number of nitrogens with one attached hydrogen (secondary N) is 1. The van der Waals surface area contributed by atoms with E-state index in [4.69, 9.17) is 0 Å². The second-order valence-electron chi connectivity index (χ2n) is 6.40. The number of rotatable bonds is 4. The molecular formula is C18H22N2O3. The lowest BCUT2D eigenvalue weighted by molar-refractivity contribution is -0.139. The lowest BCUT2D eigenvalue weighted by atomic mass is 9.86. The number of carboxylic acid groups (broad SMARTS) is 1. The summed E-state index contributed by atoms with van der Waals surface area (Å²) >= 11 is 0. The molecule has 122 valence electrons. The number of hydrogen-bond acceptors (Lipinski definition) is 2. The summed E-state index contributed by atoms with van der Waals surface area (Å²) in [5.74, 6) is 0.0341. The lowest BCUT2D eigenvalue weighted by Gasteiger charge is -2.21. The fourth-order valence-corrected chi connectivity index (χ4v) is 3.47. The summed E-state index contributed by atoms with van der Waals surface area (Å²) in [5.41, 5.74) is 0.902. The first-order valence-corrected chi connectivity index (χ1v) is 8.10. The number of allylic oxidation sites excluding steroid dienone is 2. The molecule has 3 rings (SSSR count). The summed E-state index contributed by atoms with van der Waals surface area (Å²) in [7, 11) is 0. The minimum atomic E-state index is -1.000. The van der Waals surface area contributed by atoms with E-state index in [1.165, 1.54) is 0 Å². The van der Waals surface area contributed by atoms with Crippen LogP contribution in [-0.2, 0) is 11.2 Å². The molecule has 1 saturated heterocycles. The Morgan fingerprint density at radius 1 is 1.13 bits per heavy atom. The Morgan fingerprint density at radius 3 is 2.30 bits per heavy atom. The Hall–Kier alpha value is -2.30. The molecule has 1 aromatic rings. The molecule has 2 aliphatic rings. The van der Waals surface area contributed by atoms with Crippen molar-refractivity contribution in [3.63, 3.8) is 0 Å². The van der Waals surface area contributed by atoms with E-state index < -0.39 is 12.0 Å². The second-order valence-corrected chi connectivity index (χ2v) is 6.40. The fourth-order valence-electron chi connectivity index (χ4n) is 3.47. The predicted octanol–water partition coefficient (Wildman–Crippen LogP) is 2.29. The van der Waals surface area contributed by atoms with Crippen molar-refractivity contribution >= 4 is 12.0 Å². The maximum atomic E-state index is 12.4. The first-order valence-electron chi connectivity index (χ1n) is 8.10. The van der Waals surface area contributed by atoms with Crippen LogP contribution in [0.1, 0.15) is 18.4 Å². The molecule has 1 aromatic carbocycles. The molecule has 2 N–H and O–H groups in total. The number of nitrogens with zero attached hydrogens (tertiary/aromatic N) is 1. The van der Waals surface area contributed by atoms with Crippen LogP contribution in [0.15, 0.2) is 42.5 Å². The van der Waals surface area contributed by atoms with Gasteiger partial charge < -0.3 is 15.3 Å². The van der Waals surface area contributed by atoms with Gasteiger partial charge in [0, 0.05) is 19.5 Å². The van der Waals surface area contributed by atoms with E-state index in [1.54, 1.807) is 4.90 Å². The lowest BCUT2D eigenvalue weighted by Crippen LogP contribution is -2.48. The van der Waals surface area contributed by atoms with Gasteiger partial charge in [0.05, 0.1) is 0 Å². The highest BCUT2D eigenvalue weighted by Gasteiger charge is 2.36. The van der Waals surface area contributed by atoms with Gasteiger partial charge in [0.15, 0.2) is 0 Å². The van der Waals surface area contributed by atoms with Crippen molar-refractivity contribution in [2.75, 3.05) is 13.1 Å². The molecule has 0 bridgehead atoms. The van der Waals surface area contributed by atoms with Crippen LogP contribution in [0.3, 0.4) is 0 Å². The standard InChI is InChI=1S/C18H22N2O3/c21-17(22)16(10-13-6-2-1-3-7-13)19-18(23)20-11-14-8-4-5-9-15(14)12-20/h1-7,14-16H,8-12H2,(H,19,23)(H,21,22). The van der Waals surface area contributed by atoms with Gasteiger partial charge in [0.1, 0.15) is 6.04 Å². The van der Waals surface area contributed by atoms with E-state index in [1.807, 2.05) is 30.3 Å². The number of hydrogen-bond donors (Lipinski definition) is 2. The average molecular weight is 314 g/mol. The average Bonchev–Trinajstić information content (AvgIpc) is 2.99. The van der Waals surface area contributed by atoms with Crippen LogP contribution in [0.2, 0.25) is 0 Å². The molecule has 3 atom stereocenters. The van der Waals surface area contributed by atoms with Gasteiger partial charge in [-0.15, -0.1) is 0 Å². The summed E-state index contributed by atoms with van der Waals surface area (Å²) in [6.45, 7) is 1.44. The van der Waals surface area contributed by atoms with E-state index in [9.17, 15) is 14.7 Å². The Balaban J connectivity index is 1.59. The quantitative estimate of drug-likeness (QED) is 0.838. The summed E-state index contributed by atoms with van der Waals surface area (Å²) in [6.07, 6.45) is 6.68. The molecule has 3 unspecified atom stereocenters. The number of fused-ring (bicyclic) bond motifs is 1. The van der Waals surface area contributed by atoms with Crippen molar-refractivity contribution in [3.05, 3.63) is 48.0 Å². The third kappa shape index (κ3) is 3.73. The highest BCUT2D eigenvalue weighted by molar-refractivity contribution is 5.83. The van der Waals surface area contributed by atoms with Gasteiger partial charge in [0.2, 0.25) is 0 Å². The first-order chi connectivity index (χ1) is 11.1.